The van der Waals surface area contributed by atoms with E-state index in [-0.39, 0.29) is 6.79 Å². The molecule has 4 nitrogen and oxygen atoms in total. The molecule has 0 fully saturated rings. The zero-order chi connectivity index (χ0) is 16.0. The van der Waals surface area contributed by atoms with Crippen molar-refractivity contribution in [3.8, 4) is 0 Å². The first-order valence-electron chi connectivity index (χ1n) is 7.19. The lowest BCUT2D eigenvalue weighted by atomic mass is 10.2. The van der Waals surface area contributed by atoms with Crippen molar-refractivity contribution >= 4 is 24.6 Å². The zero-order valence-electron chi connectivity index (χ0n) is 12.7. The van der Waals surface area contributed by atoms with Gasteiger partial charge in [-0.25, -0.2) is 0 Å². The van der Waals surface area contributed by atoms with E-state index in [9.17, 15) is 0 Å². The van der Waals surface area contributed by atoms with E-state index in [4.69, 9.17) is 9.68 Å². The molecule has 0 unspecified atom stereocenters. The average molecular weight is 306 g/mol. The van der Waals surface area contributed by atoms with Crippen molar-refractivity contribution in [1.82, 2.24) is 0 Å². The van der Waals surface area contributed by atoms with Gasteiger partial charge < -0.3 is 9.68 Å². The van der Waals surface area contributed by atoms with Gasteiger partial charge in [0.25, 0.3) is 6.79 Å². The Bertz CT molecular complexity index is 603. The monoisotopic (exact) mass is 306 g/mol. The van der Waals surface area contributed by atoms with E-state index in [1.807, 2.05) is 72.8 Å². The predicted octanol–water partition coefficient (Wildman–Crippen LogP) is 4.38. The summed E-state index contributed by atoms with van der Waals surface area (Å²) in [4.78, 5) is 9.79. The molecule has 0 amide bonds. The molecule has 0 N–H and O–H groups in total. The summed E-state index contributed by atoms with van der Waals surface area (Å²) in [5.41, 5.74) is 2.20. The fourth-order valence-electron chi connectivity index (χ4n) is 1.68. The Kier molecular flexibility index (Phi) is 7.46. The molecular weight excluding hydrogens is 288 g/mol. The predicted molar refractivity (Wildman–Crippen MR) is 95.0 cm³/mol. The van der Waals surface area contributed by atoms with Gasteiger partial charge in [0, 0.05) is 0 Å². The molecule has 23 heavy (non-hydrogen) atoms. The molecule has 0 spiro atoms. The lowest BCUT2D eigenvalue weighted by Gasteiger charge is -1.94. The molecule has 0 saturated heterocycles. The highest BCUT2D eigenvalue weighted by atomic mass is 16.8. The van der Waals surface area contributed by atoms with Crippen molar-refractivity contribution in [3.63, 3.8) is 0 Å². The van der Waals surface area contributed by atoms with Gasteiger partial charge in [0.15, 0.2) is 0 Å². The van der Waals surface area contributed by atoms with E-state index in [0.717, 1.165) is 11.1 Å². The van der Waals surface area contributed by atoms with Crippen LogP contribution in [0.5, 0.6) is 0 Å². The van der Waals surface area contributed by atoms with Crippen LogP contribution < -0.4 is 0 Å². The molecule has 0 aliphatic heterocycles. The SMILES string of the molecule is C(=C\c1ccccc1)/C=N/OCO/N=C/C=C/c1ccccc1. The molecular formula is C19H18N2O2. The molecule has 0 aromatic heterocycles. The summed E-state index contributed by atoms with van der Waals surface area (Å²) in [7, 11) is 0. The van der Waals surface area contributed by atoms with E-state index in [2.05, 4.69) is 10.3 Å². The number of oxime groups is 2. The van der Waals surface area contributed by atoms with Gasteiger partial charge in [-0.3, -0.25) is 0 Å². The summed E-state index contributed by atoms with van der Waals surface area (Å²) >= 11 is 0. The minimum atomic E-state index is -0.0364. The highest BCUT2D eigenvalue weighted by molar-refractivity contribution is 5.78. The van der Waals surface area contributed by atoms with E-state index in [1.54, 1.807) is 24.6 Å². The maximum Gasteiger partial charge on any atom is 0.280 e. The van der Waals surface area contributed by atoms with E-state index >= 15 is 0 Å². The summed E-state index contributed by atoms with van der Waals surface area (Å²) in [6.07, 6.45) is 10.5. The first-order chi connectivity index (χ1) is 11.4. The second-order valence-corrected chi connectivity index (χ2v) is 4.42. The smallest absolute Gasteiger partial charge is 0.280 e. The van der Waals surface area contributed by atoms with Crippen molar-refractivity contribution in [3.05, 3.63) is 83.9 Å². The summed E-state index contributed by atoms with van der Waals surface area (Å²) in [6.45, 7) is -0.0364. The summed E-state index contributed by atoms with van der Waals surface area (Å²) in [6, 6.07) is 19.9. The fourth-order valence-corrected chi connectivity index (χ4v) is 1.68. The van der Waals surface area contributed by atoms with Crippen molar-refractivity contribution < 1.29 is 9.68 Å². The van der Waals surface area contributed by atoms with Gasteiger partial charge in [0.05, 0.1) is 12.4 Å². The van der Waals surface area contributed by atoms with Gasteiger partial charge in [0.1, 0.15) is 0 Å². The van der Waals surface area contributed by atoms with Crippen LogP contribution in [0.3, 0.4) is 0 Å². The highest BCUT2D eigenvalue weighted by Gasteiger charge is 1.82. The minimum Gasteiger partial charge on any atom is -0.352 e. The Balaban J connectivity index is 1.57. The third kappa shape index (κ3) is 7.43. The standard InChI is InChI=1S/C19H18N2O2/c1-3-9-18(10-4-1)13-7-15-20-22-17-23-21-16-8-14-19-11-5-2-6-12-19/h1-16H,17H2/b13-7+,14-8+,20-15+,21-16+. The van der Waals surface area contributed by atoms with Gasteiger partial charge in [-0.1, -0.05) is 83.1 Å². The molecule has 0 heterocycles. The highest BCUT2D eigenvalue weighted by Crippen LogP contribution is 2.00. The number of rotatable bonds is 8. The third-order valence-corrected chi connectivity index (χ3v) is 2.72. The Hall–Kier alpha value is -3.14. The van der Waals surface area contributed by atoms with E-state index in [1.165, 1.54) is 0 Å². The topological polar surface area (TPSA) is 43.2 Å². The van der Waals surface area contributed by atoms with Crippen molar-refractivity contribution in [2.75, 3.05) is 6.79 Å². The second kappa shape index (κ2) is 10.6. The molecule has 0 aliphatic rings. The first kappa shape index (κ1) is 16.2. The molecule has 0 saturated carbocycles. The van der Waals surface area contributed by atoms with Gasteiger partial charge in [-0.2, -0.15) is 0 Å². The van der Waals surface area contributed by atoms with Crippen molar-refractivity contribution in [2.45, 2.75) is 0 Å². The maximum absolute atomic E-state index is 4.89. The van der Waals surface area contributed by atoms with Crippen LogP contribution in [0.1, 0.15) is 11.1 Å². The molecule has 2 rings (SSSR count). The second-order valence-electron chi connectivity index (χ2n) is 4.42. The number of hydrogen-bond donors (Lipinski definition) is 0. The lowest BCUT2D eigenvalue weighted by Crippen LogP contribution is -1.89. The first-order valence-corrected chi connectivity index (χ1v) is 7.19. The molecule has 0 radical (unpaired) electrons. The number of hydrogen-bond acceptors (Lipinski definition) is 4. The number of nitrogens with zero attached hydrogens (tertiary/aromatic N) is 2. The van der Waals surface area contributed by atoms with Gasteiger partial charge >= 0.3 is 0 Å². The Morgan fingerprint density at radius 3 is 1.52 bits per heavy atom. The van der Waals surface area contributed by atoms with Gasteiger partial charge in [-0.15, -0.1) is 0 Å². The lowest BCUT2D eigenvalue weighted by molar-refractivity contribution is -0.0492. The average Bonchev–Trinajstić information content (AvgIpc) is 2.61. The normalized spacial score (nSPS) is 11.8. The fraction of sp³-hybridized carbons (Fsp3) is 0.0526. The maximum atomic E-state index is 4.89. The molecule has 116 valence electrons. The quantitative estimate of drug-likeness (QED) is 0.314. The molecule has 0 atom stereocenters. The Morgan fingerprint density at radius 2 is 1.09 bits per heavy atom. The Morgan fingerprint density at radius 1 is 0.652 bits per heavy atom. The summed E-state index contributed by atoms with van der Waals surface area (Å²) < 4.78 is 0. The van der Waals surface area contributed by atoms with Gasteiger partial charge in [-0.05, 0) is 23.3 Å². The van der Waals surface area contributed by atoms with Crippen LogP contribution in [0.4, 0.5) is 0 Å². The molecule has 0 bridgehead atoms. The summed E-state index contributed by atoms with van der Waals surface area (Å²) in [5, 5.41) is 7.45. The van der Waals surface area contributed by atoms with Crippen LogP contribution in [0.2, 0.25) is 0 Å². The zero-order valence-corrected chi connectivity index (χ0v) is 12.7. The van der Waals surface area contributed by atoms with Crippen LogP contribution in [0, 0.1) is 0 Å². The van der Waals surface area contributed by atoms with Crippen LogP contribution in [-0.4, -0.2) is 19.2 Å². The molecule has 2 aromatic rings. The van der Waals surface area contributed by atoms with Gasteiger partial charge in [0.2, 0.25) is 0 Å². The largest absolute Gasteiger partial charge is 0.352 e. The number of benzene rings is 2. The molecule has 4 heteroatoms. The van der Waals surface area contributed by atoms with Crippen LogP contribution >= 0.6 is 0 Å². The van der Waals surface area contributed by atoms with Crippen LogP contribution in [-0.2, 0) is 9.68 Å². The van der Waals surface area contributed by atoms with Crippen molar-refractivity contribution in [1.29, 1.82) is 0 Å². The molecule has 2 aromatic carbocycles. The number of allylic oxidation sites excluding steroid dienone is 2. The summed E-state index contributed by atoms with van der Waals surface area (Å²) in [5.74, 6) is 0. The van der Waals surface area contributed by atoms with Crippen LogP contribution in [0.15, 0.2) is 83.1 Å². The Labute approximate surface area is 136 Å². The molecule has 0 aliphatic carbocycles. The minimum absolute atomic E-state index is 0.0364. The third-order valence-electron chi connectivity index (χ3n) is 2.72. The van der Waals surface area contributed by atoms with Crippen LogP contribution in [0.25, 0.3) is 12.2 Å². The van der Waals surface area contributed by atoms with E-state index in [0.29, 0.717) is 0 Å². The van der Waals surface area contributed by atoms with E-state index < -0.39 is 0 Å². The van der Waals surface area contributed by atoms with Crippen molar-refractivity contribution in [2.24, 2.45) is 10.3 Å².